The number of hydrogen-bond donors (Lipinski definition) is 2. The summed E-state index contributed by atoms with van der Waals surface area (Å²) in [4.78, 5) is 11.9. The van der Waals surface area contributed by atoms with Crippen LogP contribution in [0.25, 0.3) is 0 Å². The fourth-order valence-corrected chi connectivity index (χ4v) is 2.22. The average molecular weight is 276 g/mol. The monoisotopic (exact) mass is 276 g/mol. The zero-order valence-electron chi connectivity index (χ0n) is 11.0. The van der Waals surface area contributed by atoms with Crippen molar-refractivity contribution in [3.8, 4) is 0 Å². The van der Waals surface area contributed by atoms with E-state index >= 15 is 0 Å². The van der Waals surface area contributed by atoms with Crippen molar-refractivity contribution < 1.29 is 9.32 Å². The molecule has 0 spiro atoms. The van der Waals surface area contributed by atoms with E-state index in [0.29, 0.717) is 24.0 Å². The van der Waals surface area contributed by atoms with E-state index in [-0.39, 0.29) is 5.91 Å². The predicted molar refractivity (Wildman–Crippen MR) is 68.8 cm³/mol. The molecule has 2 N–H and O–H groups in total. The van der Waals surface area contributed by atoms with Gasteiger partial charge in [-0.2, -0.15) is 0 Å². The van der Waals surface area contributed by atoms with Gasteiger partial charge in [0, 0.05) is 6.07 Å². The van der Waals surface area contributed by atoms with Gasteiger partial charge in [0.15, 0.2) is 11.5 Å². The summed E-state index contributed by atoms with van der Waals surface area (Å²) in [5.74, 6) is 0.339. The zero-order chi connectivity index (χ0) is 13.8. The molecule has 1 amide bonds. The molecule has 1 aliphatic heterocycles. The lowest BCUT2D eigenvalue weighted by atomic mass is 10.1. The lowest BCUT2D eigenvalue weighted by Gasteiger charge is -2.22. The quantitative estimate of drug-likeness (QED) is 0.823. The molecule has 8 nitrogen and oxygen atoms in total. The van der Waals surface area contributed by atoms with E-state index in [0.717, 1.165) is 25.9 Å². The van der Waals surface area contributed by atoms with E-state index in [2.05, 4.69) is 26.1 Å². The van der Waals surface area contributed by atoms with Gasteiger partial charge in [-0.1, -0.05) is 10.4 Å². The number of amides is 1. The Balaban J connectivity index is 1.59. The second-order valence-corrected chi connectivity index (χ2v) is 4.73. The van der Waals surface area contributed by atoms with E-state index in [4.69, 9.17) is 4.52 Å². The van der Waals surface area contributed by atoms with Crippen LogP contribution in [0.1, 0.15) is 35.1 Å². The first-order valence-corrected chi connectivity index (χ1v) is 6.63. The summed E-state index contributed by atoms with van der Waals surface area (Å²) in [6.45, 7) is 2.23. The molecule has 8 heteroatoms. The fourth-order valence-electron chi connectivity index (χ4n) is 2.22. The smallest absolute Gasteiger partial charge is 0.273 e. The van der Waals surface area contributed by atoms with Crippen LogP contribution in [-0.4, -0.2) is 39.1 Å². The number of rotatable bonds is 4. The lowest BCUT2D eigenvalue weighted by Crippen LogP contribution is -2.29. The Morgan fingerprint density at radius 1 is 1.50 bits per heavy atom. The van der Waals surface area contributed by atoms with Crippen molar-refractivity contribution in [2.45, 2.75) is 25.4 Å². The highest BCUT2D eigenvalue weighted by Gasteiger charge is 2.18. The standard InChI is InChI=1S/C12H16N6O2/c19-12(14-7-10-3-6-15-20-10)11-8-18(17-16-11)9-1-4-13-5-2-9/h3,6,8-9,13H,1-2,4-5,7H2,(H,14,19). The van der Waals surface area contributed by atoms with Crippen LogP contribution in [0, 0.1) is 0 Å². The molecule has 0 saturated carbocycles. The summed E-state index contributed by atoms with van der Waals surface area (Å²) in [7, 11) is 0. The molecule has 0 unspecified atom stereocenters. The summed E-state index contributed by atoms with van der Waals surface area (Å²) in [6, 6.07) is 2.02. The molecular weight excluding hydrogens is 260 g/mol. The normalized spacial score (nSPS) is 16.2. The van der Waals surface area contributed by atoms with Crippen molar-refractivity contribution >= 4 is 5.91 Å². The number of nitrogens with zero attached hydrogens (tertiary/aromatic N) is 4. The van der Waals surface area contributed by atoms with E-state index in [1.807, 2.05) is 0 Å². The van der Waals surface area contributed by atoms with Crippen LogP contribution in [0.5, 0.6) is 0 Å². The number of hydrogen-bond acceptors (Lipinski definition) is 6. The van der Waals surface area contributed by atoms with Gasteiger partial charge in [-0.05, 0) is 25.9 Å². The molecule has 1 fully saturated rings. The maximum atomic E-state index is 11.9. The Labute approximate surface area is 115 Å². The van der Waals surface area contributed by atoms with Gasteiger partial charge in [-0.3, -0.25) is 4.79 Å². The van der Waals surface area contributed by atoms with Crippen LogP contribution in [0.15, 0.2) is 23.0 Å². The molecule has 1 aliphatic rings. The molecule has 0 bridgehead atoms. The molecule has 0 aromatic carbocycles. The molecule has 3 heterocycles. The van der Waals surface area contributed by atoms with Crippen molar-refractivity contribution in [2.24, 2.45) is 0 Å². The summed E-state index contributed by atoms with van der Waals surface area (Å²) in [5.41, 5.74) is 0.322. The average Bonchev–Trinajstić information content (AvgIpc) is 3.17. The van der Waals surface area contributed by atoms with Gasteiger partial charge in [-0.25, -0.2) is 4.68 Å². The Morgan fingerprint density at radius 3 is 3.10 bits per heavy atom. The molecule has 0 radical (unpaired) electrons. The highest BCUT2D eigenvalue weighted by Crippen LogP contribution is 2.16. The number of carbonyl (C=O) groups excluding carboxylic acids is 1. The number of carbonyl (C=O) groups is 1. The topological polar surface area (TPSA) is 97.9 Å². The molecule has 1 saturated heterocycles. The van der Waals surface area contributed by atoms with Crippen molar-refractivity contribution in [3.05, 3.63) is 29.9 Å². The Kier molecular flexibility index (Phi) is 3.73. The van der Waals surface area contributed by atoms with Gasteiger partial charge >= 0.3 is 0 Å². The van der Waals surface area contributed by atoms with Gasteiger partial charge in [0.25, 0.3) is 5.91 Å². The minimum Gasteiger partial charge on any atom is -0.360 e. The Hall–Kier alpha value is -2.22. The molecule has 3 rings (SSSR count). The molecule has 2 aromatic rings. The molecule has 0 atom stereocenters. The first-order chi connectivity index (χ1) is 9.83. The summed E-state index contributed by atoms with van der Waals surface area (Å²) in [6.07, 6.45) is 5.24. The summed E-state index contributed by atoms with van der Waals surface area (Å²) in [5, 5.41) is 17.6. The van der Waals surface area contributed by atoms with Gasteiger partial charge in [0.2, 0.25) is 0 Å². The Morgan fingerprint density at radius 2 is 2.35 bits per heavy atom. The third-order valence-electron chi connectivity index (χ3n) is 3.34. The largest absolute Gasteiger partial charge is 0.360 e. The predicted octanol–water partition coefficient (Wildman–Crippen LogP) is 0.121. The lowest BCUT2D eigenvalue weighted by molar-refractivity contribution is 0.0942. The van der Waals surface area contributed by atoms with E-state index in [1.165, 1.54) is 6.20 Å². The van der Waals surface area contributed by atoms with Crippen LogP contribution < -0.4 is 10.6 Å². The highest BCUT2D eigenvalue weighted by atomic mass is 16.5. The molecule has 106 valence electrons. The molecule has 2 aromatic heterocycles. The molecule has 0 aliphatic carbocycles. The zero-order valence-corrected chi connectivity index (χ0v) is 11.0. The number of aromatic nitrogens is 4. The third kappa shape index (κ3) is 2.85. The Bertz CT molecular complexity index is 558. The second kappa shape index (κ2) is 5.83. The van der Waals surface area contributed by atoms with Gasteiger partial charge < -0.3 is 15.2 Å². The van der Waals surface area contributed by atoms with Gasteiger partial charge in [0.1, 0.15) is 0 Å². The van der Waals surface area contributed by atoms with Crippen molar-refractivity contribution in [1.29, 1.82) is 0 Å². The first-order valence-electron chi connectivity index (χ1n) is 6.63. The number of piperidine rings is 1. The third-order valence-corrected chi connectivity index (χ3v) is 3.34. The molecule has 20 heavy (non-hydrogen) atoms. The fraction of sp³-hybridized carbons (Fsp3) is 0.500. The highest BCUT2D eigenvalue weighted by molar-refractivity contribution is 5.91. The van der Waals surface area contributed by atoms with E-state index < -0.39 is 0 Å². The summed E-state index contributed by atoms with van der Waals surface area (Å²) < 4.78 is 6.69. The SMILES string of the molecule is O=C(NCc1ccno1)c1cn(C2CCNCC2)nn1. The van der Waals surface area contributed by atoms with Crippen molar-refractivity contribution in [2.75, 3.05) is 13.1 Å². The second-order valence-electron chi connectivity index (χ2n) is 4.73. The van der Waals surface area contributed by atoms with E-state index in [9.17, 15) is 4.79 Å². The summed E-state index contributed by atoms with van der Waals surface area (Å²) >= 11 is 0. The minimum absolute atomic E-state index is 0.262. The van der Waals surface area contributed by atoms with Crippen molar-refractivity contribution in [1.82, 2.24) is 30.8 Å². The van der Waals surface area contributed by atoms with Crippen LogP contribution in [0.3, 0.4) is 0 Å². The maximum Gasteiger partial charge on any atom is 0.273 e. The van der Waals surface area contributed by atoms with Crippen molar-refractivity contribution in [3.63, 3.8) is 0 Å². The number of nitrogens with one attached hydrogen (secondary N) is 2. The van der Waals surface area contributed by atoms with E-state index in [1.54, 1.807) is 16.9 Å². The molecular formula is C12H16N6O2. The first kappa shape index (κ1) is 12.8. The van der Waals surface area contributed by atoms with Gasteiger partial charge in [-0.15, -0.1) is 5.10 Å². The van der Waals surface area contributed by atoms with Gasteiger partial charge in [0.05, 0.1) is 25.0 Å². The van der Waals surface area contributed by atoms with Crippen LogP contribution >= 0.6 is 0 Å². The van der Waals surface area contributed by atoms with Crippen LogP contribution in [0.4, 0.5) is 0 Å². The van der Waals surface area contributed by atoms with Crippen LogP contribution in [0.2, 0.25) is 0 Å². The maximum absolute atomic E-state index is 11.9. The van der Waals surface area contributed by atoms with Crippen LogP contribution in [-0.2, 0) is 6.54 Å². The minimum atomic E-state index is -0.262.